The van der Waals surface area contributed by atoms with Gasteiger partial charge in [0.25, 0.3) is 0 Å². The highest BCUT2D eigenvalue weighted by Crippen LogP contribution is 2.21. The largest absolute Gasteiger partial charge is 0.497 e. The second-order valence-electron chi connectivity index (χ2n) is 6.50. The fourth-order valence-electron chi connectivity index (χ4n) is 3.02. The Balaban J connectivity index is 1.56. The Hall–Kier alpha value is -2.45. The second-order valence-corrected chi connectivity index (χ2v) is 8.27. The molecule has 8 heteroatoms. The molecular weight excluding hydrogens is 371 g/mol. The normalized spacial score (nSPS) is 17.3. The zero-order valence-electron chi connectivity index (χ0n) is 14.9. The summed E-state index contributed by atoms with van der Waals surface area (Å²) in [7, 11) is -2.14. The Labute approximate surface area is 158 Å². The maximum atomic E-state index is 13.0. The number of sulfonamides is 1. The van der Waals surface area contributed by atoms with Crippen LogP contribution in [0.4, 0.5) is 4.39 Å². The predicted molar refractivity (Wildman–Crippen MR) is 98.1 cm³/mol. The number of carbonyl (C=O) groups is 1. The number of halogens is 1. The number of ether oxygens (including phenoxy) is 1. The molecule has 0 saturated carbocycles. The highest BCUT2D eigenvalue weighted by molar-refractivity contribution is 7.89. The van der Waals surface area contributed by atoms with E-state index in [9.17, 15) is 17.6 Å². The number of benzene rings is 2. The van der Waals surface area contributed by atoms with E-state index in [1.165, 1.54) is 31.4 Å². The molecule has 1 atom stereocenters. The zero-order valence-corrected chi connectivity index (χ0v) is 15.7. The Bertz CT molecular complexity index is 898. The number of hydrogen-bond acceptors (Lipinski definition) is 4. The quantitative estimate of drug-likeness (QED) is 0.784. The SMILES string of the molecule is COc1ccc(S(=O)(=O)NCC2CC(=O)N(Cc3ccc(F)cc3)C2)cc1. The molecule has 6 nitrogen and oxygen atoms in total. The zero-order chi connectivity index (χ0) is 19.4. The minimum Gasteiger partial charge on any atom is -0.497 e. The van der Waals surface area contributed by atoms with Gasteiger partial charge in [-0.3, -0.25) is 4.79 Å². The molecule has 0 spiro atoms. The van der Waals surface area contributed by atoms with Crippen LogP contribution in [0, 0.1) is 11.7 Å². The molecule has 3 rings (SSSR count). The van der Waals surface area contributed by atoms with Crippen molar-refractivity contribution in [2.24, 2.45) is 5.92 Å². The summed E-state index contributed by atoms with van der Waals surface area (Å²) in [6.45, 7) is 1.03. The number of hydrogen-bond donors (Lipinski definition) is 1. The van der Waals surface area contributed by atoms with Gasteiger partial charge in [-0.2, -0.15) is 0 Å². The monoisotopic (exact) mass is 392 g/mol. The van der Waals surface area contributed by atoms with E-state index in [0.29, 0.717) is 18.8 Å². The third-order valence-electron chi connectivity index (χ3n) is 4.51. The van der Waals surface area contributed by atoms with Gasteiger partial charge in [0.15, 0.2) is 0 Å². The van der Waals surface area contributed by atoms with Crippen molar-refractivity contribution in [3.8, 4) is 5.75 Å². The van der Waals surface area contributed by atoms with E-state index in [1.54, 1.807) is 29.2 Å². The molecule has 27 heavy (non-hydrogen) atoms. The van der Waals surface area contributed by atoms with Crippen molar-refractivity contribution in [3.63, 3.8) is 0 Å². The summed E-state index contributed by atoms with van der Waals surface area (Å²) in [6.07, 6.45) is 0.284. The average molecular weight is 392 g/mol. The van der Waals surface area contributed by atoms with Crippen molar-refractivity contribution < 1.29 is 22.3 Å². The molecule has 144 valence electrons. The molecule has 1 fully saturated rings. The van der Waals surface area contributed by atoms with Crippen LogP contribution in [0.3, 0.4) is 0 Å². The van der Waals surface area contributed by atoms with Crippen molar-refractivity contribution >= 4 is 15.9 Å². The lowest BCUT2D eigenvalue weighted by atomic mass is 10.1. The van der Waals surface area contributed by atoms with Crippen molar-refractivity contribution in [2.75, 3.05) is 20.2 Å². The molecule has 1 N–H and O–H groups in total. The van der Waals surface area contributed by atoms with Gasteiger partial charge in [-0.05, 0) is 47.9 Å². The van der Waals surface area contributed by atoms with Crippen molar-refractivity contribution in [2.45, 2.75) is 17.9 Å². The van der Waals surface area contributed by atoms with E-state index < -0.39 is 10.0 Å². The number of amides is 1. The summed E-state index contributed by atoms with van der Waals surface area (Å²) in [6, 6.07) is 12.1. The van der Waals surface area contributed by atoms with Gasteiger partial charge in [-0.25, -0.2) is 17.5 Å². The maximum absolute atomic E-state index is 13.0. The number of carbonyl (C=O) groups excluding carboxylic acids is 1. The molecule has 0 aliphatic carbocycles. The van der Waals surface area contributed by atoms with Gasteiger partial charge < -0.3 is 9.64 Å². The topological polar surface area (TPSA) is 75.7 Å². The van der Waals surface area contributed by atoms with Crippen LogP contribution >= 0.6 is 0 Å². The van der Waals surface area contributed by atoms with Crippen LogP contribution in [0.5, 0.6) is 5.75 Å². The molecule has 1 unspecified atom stereocenters. The smallest absolute Gasteiger partial charge is 0.240 e. The van der Waals surface area contributed by atoms with E-state index in [4.69, 9.17) is 4.74 Å². The van der Waals surface area contributed by atoms with Crippen molar-refractivity contribution in [3.05, 3.63) is 59.9 Å². The Morgan fingerprint density at radius 2 is 1.81 bits per heavy atom. The summed E-state index contributed by atoms with van der Waals surface area (Å²) in [5.74, 6) is 0.114. The number of nitrogens with one attached hydrogen (secondary N) is 1. The second kappa shape index (κ2) is 8.06. The van der Waals surface area contributed by atoms with Crippen LogP contribution in [0.2, 0.25) is 0 Å². The maximum Gasteiger partial charge on any atom is 0.240 e. The van der Waals surface area contributed by atoms with E-state index in [-0.39, 0.29) is 35.5 Å². The first-order valence-electron chi connectivity index (χ1n) is 8.53. The van der Waals surface area contributed by atoms with Gasteiger partial charge >= 0.3 is 0 Å². The molecule has 2 aromatic carbocycles. The van der Waals surface area contributed by atoms with Crippen LogP contribution in [0.1, 0.15) is 12.0 Å². The number of nitrogens with zero attached hydrogens (tertiary/aromatic N) is 1. The first kappa shape index (κ1) is 19.3. The van der Waals surface area contributed by atoms with Crippen LogP contribution in [0.25, 0.3) is 0 Å². The van der Waals surface area contributed by atoms with E-state index >= 15 is 0 Å². The van der Waals surface area contributed by atoms with Crippen LogP contribution in [-0.4, -0.2) is 39.4 Å². The van der Waals surface area contributed by atoms with Gasteiger partial charge in [0.2, 0.25) is 15.9 Å². The third-order valence-corrected chi connectivity index (χ3v) is 5.95. The molecule has 1 saturated heterocycles. The van der Waals surface area contributed by atoms with E-state index in [2.05, 4.69) is 4.72 Å². The molecule has 1 amide bonds. The minimum atomic E-state index is -3.65. The lowest BCUT2D eigenvalue weighted by Gasteiger charge is -2.17. The number of likely N-dealkylation sites (tertiary alicyclic amines) is 1. The standard InChI is InChI=1S/C19H21FN2O4S/c1-26-17-6-8-18(9-7-17)27(24,25)21-11-15-10-19(23)22(13-15)12-14-2-4-16(20)5-3-14/h2-9,15,21H,10-13H2,1H3. The first-order chi connectivity index (χ1) is 12.9. The minimum absolute atomic E-state index is 0.0343. The fourth-order valence-corrected chi connectivity index (χ4v) is 4.14. The van der Waals surface area contributed by atoms with Gasteiger partial charge in [-0.15, -0.1) is 0 Å². The molecule has 1 aliphatic heterocycles. The number of methoxy groups -OCH3 is 1. The summed E-state index contributed by atoms with van der Waals surface area (Å²) in [5, 5.41) is 0. The predicted octanol–water partition coefficient (Wildman–Crippen LogP) is 2.16. The lowest BCUT2D eigenvalue weighted by Crippen LogP contribution is -2.31. The number of rotatable bonds is 7. The van der Waals surface area contributed by atoms with Gasteiger partial charge in [0, 0.05) is 26.1 Å². The average Bonchev–Trinajstić information content (AvgIpc) is 3.02. The summed E-state index contributed by atoms with van der Waals surface area (Å²) < 4.78 is 45.4. The van der Waals surface area contributed by atoms with Gasteiger partial charge in [0.05, 0.1) is 12.0 Å². The Morgan fingerprint density at radius 3 is 2.44 bits per heavy atom. The first-order valence-corrected chi connectivity index (χ1v) is 10.0. The lowest BCUT2D eigenvalue weighted by molar-refractivity contribution is -0.128. The van der Waals surface area contributed by atoms with E-state index in [0.717, 1.165) is 5.56 Å². The molecule has 0 aromatic heterocycles. The van der Waals surface area contributed by atoms with Gasteiger partial charge in [-0.1, -0.05) is 12.1 Å². The molecular formula is C19H21FN2O4S. The Morgan fingerprint density at radius 1 is 1.15 bits per heavy atom. The molecule has 1 aliphatic rings. The highest BCUT2D eigenvalue weighted by atomic mass is 32.2. The van der Waals surface area contributed by atoms with Gasteiger partial charge in [0.1, 0.15) is 11.6 Å². The highest BCUT2D eigenvalue weighted by Gasteiger charge is 2.30. The third kappa shape index (κ3) is 4.84. The van der Waals surface area contributed by atoms with Crippen LogP contribution in [0.15, 0.2) is 53.4 Å². The van der Waals surface area contributed by atoms with Crippen LogP contribution in [-0.2, 0) is 21.4 Å². The molecule has 0 radical (unpaired) electrons. The molecule has 0 bridgehead atoms. The summed E-state index contributed by atoms with van der Waals surface area (Å²) in [4.78, 5) is 14.0. The Kier molecular flexibility index (Phi) is 5.76. The fraction of sp³-hybridized carbons (Fsp3) is 0.316. The summed E-state index contributed by atoms with van der Waals surface area (Å²) in [5.41, 5.74) is 0.837. The van der Waals surface area contributed by atoms with Crippen LogP contribution < -0.4 is 9.46 Å². The molecule has 2 aromatic rings. The van der Waals surface area contributed by atoms with Crippen molar-refractivity contribution in [1.29, 1.82) is 0 Å². The van der Waals surface area contributed by atoms with Crippen molar-refractivity contribution in [1.82, 2.24) is 9.62 Å². The van der Waals surface area contributed by atoms with E-state index in [1.807, 2.05) is 0 Å². The molecule has 1 heterocycles. The summed E-state index contributed by atoms with van der Waals surface area (Å²) >= 11 is 0.